The van der Waals surface area contributed by atoms with Crippen molar-refractivity contribution in [1.29, 1.82) is 0 Å². The first kappa shape index (κ1) is 16.3. The van der Waals surface area contributed by atoms with Crippen LogP contribution in [-0.2, 0) is 24.8 Å². The second-order valence-corrected chi connectivity index (χ2v) is 6.19. The van der Waals surface area contributed by atoms with E-state index in [4.69, 9.17) is 0 Å². The van der Waals surface area contributed by atoms with Crippen LogP contribution >= 0.6 is 0 Å². The van der Waals surface area contributed by atoms with E-state index in [1.807, 2.05) is 37.0 Å². The third-order valence-electron chi connectivity index (χ3n) is 4.62. The number of nitrogens with one attached hydrogen (secondary N) is 1. The Morgan fingerprint density at radius 2 is 2.00 bits per heavy atom. The first-order valence-corrected chi connectivity index (χ1v) is 8.36. The summed E-state index contributed by atoms with van der Waals surface area (Å²) in [4.78, 5) is 12.1. The van der Waals surface area contributed by atoms with Gasteiger partial charge in [0, 0.05) is 44.0 Å². The molecule has 0 bridgehead atoms. The highest BCUT2D eigenvalue weighted by Gasteiger charge is 2.10. The van der Waals surface area contributed by atoms with Crippen LogP contribution < -0.4 is 5.32 Å². The monoisotopic (exact) mass is 324 g/mol. The fourth-order valence-electron chi connectivity index (χ4n) is 3.15. The zero-order valence-corrected chi connectivity index (χ0v) is 14.5. The Hall–Kier alpha value is -2.56. The van der Waals surface area contributed by atoms with Gasteiger partial charge >= 0.3 is 0 Å². The van der Waals surface area contributed by atoms with Crippen molar-refractivity contribution >= 4 is 16.8 Å². The summed E-state index contributed by atoms with van der Waals surface area (Å²) < 4.78 is 4.02. The molecule has 0 saturated heterocycles. The van der Waals surface area contributed by atoms with Crippen molar-refractivity contribution < 1.29 is 4.79 Å². The lowest BCUT2D eigenvalue weighted by atomic mass is 10.1. The first-order valence-electron chi connectivity index (χ1n) is 8.36. The molecule has 0 aliphatic heterocycles. The maximum absolute atomic E-state index is 12.1. The zero-order valence-electron chi connectivity index (χ0n) is 14.5. The molecular formula is C19H24N4O. The highest BCUT2D eigenvalue weighted by molar-refractivity contribution is 5.80. The van der Waals surface area contributed by atoms with Gasteiger partial charge in [-0.25, -0.2) is 0 Å². The number of fused-ring (bicyclic) bond motifs is 1. The lowest BCUT2D eigenvalue weighted by Gasteiger charge is -2.08. The summed E-state index contributed by atoms with van der Waals surface area (Å²) in [5, 5.41) is 8.63. The van der Waals surface area contributed by atoms with Crippen LogP contribution in [0, 0.1) is 13.8 Å². The predicted octanol–water partition coefficient (Wildman–Crippen LogP) is 2.74. The van der Waals surface area contributed by atoms with E-state index >= 15 is 0 Å². The number of carbonyl (C=O) groups is 1. The highest BCUT2D eigenvalue weighted by atomic mass is 16.1. The van der Waals surface area contributed by atoms with E-state index in [0.717, 1.165) is 12.1 Å². The van der Waals surface area contributed by atoms with Crippen LogP contribution in [0.5, 0.6) is 0 Å². The number of amides is 1. The van der Waals surface area contributed by atoms with Crippen LogP contribution in [0.25, 0.3) is 10.9 Å². The maximum atomic E-state index is 12.1. The van der Waals surface area contributed by atoms with Gasteiger partial charge in [-0.05, 0) is 43.4 Å². The van der Waals surface area contributed by atoms with Gasteiger partial charge in [-0.2, -0.15) is 5.10 Å². The molecule has 0 atom stereocenters. The summed E-state index contributed by atoms with van der Waals surface area (Å²) in [5.41, 5.74) is 4.62. The molecule has 5 heteroatoms. The minimum Gasteiger partial charge on any atom is -0.356 e. The highest BCUT2D eigenvalue weighted by Crippen LogP contribution is 2.15. The van der Waals surface area contributed by atoms with Gasteiger partial charge in [-0.1, -0.05) is 18.2 Å². The van der Waals surface area contributed by atoms with Gasteiger partial charge in [0.2, 0.25) is 5.91 Å². The van der Waals surface area contributed by atoms with E-state index in [-0.39, 0.29) is 5.91 Å². The molecule has 0 spiro atoms. The summed E-state index contributed by atoms with van der Waals surface area (Å²) >= 11 is 0. The Morgan fingerprint density at radius 1 is 1.21 bits per heavy atom. The molecule has 1 amide bonds. The van der Waals surface area contributed by atoms with Gasteiger partial charge in [-0.3, -0.25) is 9.48 Å². The Bertz CT molecular complexity index is 860. The van der Waals surface area contributed by atoms with Crippen molar-refractivity contribution in [2.75, 3.05) is 6.54 Å². The fourth-order valence-corrected chi connectivity index (χ4v) is 3.15. The average molecular weight is 324 g/mol. The SMILES string of the molecule is Cc1nn(C)c(C)c1CCNC(=O)CCn1ccc2ccccc21. The average Bonchev–Trinajstić information content (AvgIpc) is 3.09. The molecule has 1 aromatic carbocycles. The summed E-state index contributed by atoms with van der Waals surface area (Å²) in [6.07, 6.45) is 3.35. The molecule has 1 N–H and O–H groups in total. The number of nitrogens with zero attached hydrogens (tertiary/aromatic N) is 3. The molecule has 0 unspecified atom stereocenters. The molecule has 0 saturated carbocycles. The number of rotatable bonds is 6. The summed E-state index contributed by atoms with van der Waals surface area (Å²) in [6.45, 7) is 5.43. The largest absolute Gasteiger partial charge is 0.356 e. The van der Waals surface area contributed by atoms with Crippen LogP contribution in [0.4, 0.5) is 0 Å². The third kappa shape index (κ3) is 3.35. The number of hydrogen-bond acceptors (Lipinski definition) is 2. The summed E-state index contributed by atoms with van der Waals surface area (Å²) in [5.74, 6) is 0.0898. The van der Waals surface area contributed by atoms with Crippen molar-refractivity contribution in [2.45, 2.75) is 33.2 Å². The third-order valence-corrected chi connectivity index (χ3v) is 4.62. The molecular weight excluding hydrogens is 300 g/mol. The van der Waals surface area contributed by atoms with E-state index in [1.54, 1.807) is 0 Å². The Kier molecular flexibility index (Phi) is 4.69. The van der Waals surface area contributed by atoms with E-state index in [1.165, 1.54) is 22.2 Å². The molecule has 2 heterocycles. The number of aromatic nitrogens is 3. The van der Waals surface area contributed by atoms with Crippen LogP contribution in [0.3, 0.4) is 0 Å². The molecule has 2 aromatic heterocycles. The van der Waals surface area contributed by atoms with Crippen LogP contribution in [0.1, 0.15) is 23.4 Å². The van der Waals surface area contributed by atoms with Gasteiger partial charge < -0.3 is 9.88 Å². The van der Waals surface area contributed by atoms with E-state index < -0.39 is 0 Å². The normalized spacial score (nSPS) is 11.1. The molecule has 5 nitrogen and oxygen atoms in total. The molecule has 0 fully saturated rings. The van der Waals surface area contributed by atoms with Gasteiger partial charge in [0.1, 0.15) is 0 Å². The number of benzene rings is 1. The minimum atomic E-state index is 0.0898. The standard InChI is InChI=1S/C19H24N4O/c1-14-17(15(2)22(3)21-14)8-11-20-19(24)10-13-23-12-9-16-6-4-5-7-18(16)23/h4-7,9,12H,8,10-11,13H2,1-3H3,(H,20,24). The zero-order chi connectivity index (χ0) is 17.1. The lowest BCUT2D eigenvalue weighted by molar-refractivity contribution is -0.121. The molecule has 0 radical (unpaired) electrons. The molecule has 3 aromatic rings. The van der Waals surface area contributed by atoms with Crippen molar-refractivity contribution in [3.8, 4) is 0 Å². The molecule has 0 aliphatic rings. The van der Waals surface area contributed by atoms with Crippen molar-refractivity contribution in [3.05, 3.63) is 53.5 Å². The Labute approximate surface area is 142 Å². The van der Waals surface area contributed by atoms with Crippen molar-refractivity contribution in [2.24, 2.45) is 7.05 Å². The fraction of sp³-hybridized carbons (Fsp3) is 0.368. The van der Waals surface area contributed by atoms with Gasteiger partial charge in [0.15, 0.2) is 0 Å². The first-order chi connectivity index (χ1) is 11.6. The van der Waals surface area contributed by atoms with Crippen LogP contribution in [0.15, 0.2) is 36.5 Å². The Balaban J connectivity index is 1.49. The van der Waals surface area contributed by atoms with Crippen LogP contribution in [-0.4, -0.2) is 26.8 Å². The predicted molar refractivity (Wildman–Crippen MR) is 96.0 cm³/mol. The van der Waals surface area contributed by atoms with Gasteiger partial charge in [0.25, 0.3) is 0 Å². The van der Waals surface area contributed by atoms with Crippen molar-refractivity contribution in [1.82, 2.24) is 19.7 Å². The van der Waals surface area contributed by atoms with Crippen LogP contribution in [0.2, 0.25) is 0 Å². The topological polar surface area (TPSA) is 51.9 Å². The van der Waals surface area contributed by atoms with E-state index in [0.29, 0.717) is 19.5 Å². The molecule has 3 rings (SSSR count). The van der Waals surface area contributed by atoms with E-state index in [2.05, 4.69) is 40.1 Å². The summed E-state index contributed by atoms with van der Waals surface area (Å²) in [7, 11) is 1.95. The minimum absolute atomic E-state index is 0.0898. The molecule has 24 heavy (non-hydrogen) atoms. The van der Waals surface area contributed by atoms with Crippen molar-refractivity contribution in [3.63, 3.8) is 0 Å². The Morgan fingerprint density at radius 3 is 2.75 bits per heavy atom. The second kappa shape index (κ2) is 6.91. The maximum Gasteiger partial charge on any atom is 0.221 e. The number of hydrogen-bond donors (Lipinski definition) is 1. The summed E-state index contributed by atoms with van der Waals surface area (Å²) in [6, 6.07) is 10.3. The van der Waals surface area contributed by atoms with E-state index in [9.17, 15) is 4.79 Å². The molecule has 126 valence electrons. The van der Waals surface area contributed by atoms with Gasteiger partial charge in [0.05, 0.1) is 5.69 Å². The smallest absolute Gasteiger partial charge is 0.221 e. The molecule has 0 aliphatic carbocycles. The number of aryl methyl sites for hydroxylation is 3. The van der Waals surface area contributed by atoms with Gasteiger partial charge in [-0.15, -0.1) is 0 Å². The quantitative estimate of drug-likeness (QED) is 0.758. The lowest BCUT2D eigenvalue weighted by Crippen LogP contribution is -2.26. The number of carbonyl (C=O) groups excluding carboxylic acids is 1. The second-order valence-electron chi connectivity index (χ2n) is 6.19. The number of para-hydroxylation sites is 1.